The molecule has 2 aliphatic rings. The summed E-state index contributed by atoms with van der Waals surface area (Å²) in [5.41, 5.74) is 2.66. The fourth-order valence-corrected chi connectivity index (χ4v) is 6.75. The highest BCUT2D eigenvalue weighted by atomic mass is 32.1. The molecule has 0 unspecified atom stereocenters. The Morgan fingerprint density at radius 1 is 1.14 bits per heavy atom. The van der Waals surface area contributed by atoms with E-state index in [-0.39, 0.29) is 29.8 Å². The zero-order chi connectivity index (χ0) is 30.1. The summed E-state index contributed by atoms with van der Waals surface area (Å²) in [6, 6.07) is 16.3. The monoisotopic (exact) mass is 599 g/mol. The molecule has 0 saturated carbocycles. The zero-order valence-electron chi connectivity index (χ0n) is 24.3. The van der Waals surface area contributed by atoms with Crippen molar-refractivity contribution >= 4 is 56.5 Å². The SMILES string of the molecule is COC[C@H](C)C(=O)N1CCC[C@@H](NC(=O)c2sc3nccc4c3c2NC(=O)N4c2ccc(Oc3ccccc3)cc2C)C1. The second kappa shape index (κ2) is 12.0. The molecule has 0 aliphatic carbocycles. The van der Waals surface area contributed by atoms with Crippen molar-refractivity contribution in [2.24, 2.45) is 5.92 Å². The Bertz CT molecular complexity index is 1690. The summed E-state index contributed by atoms with van der Waals surface area (Å²) in [5, 5.41) is 6.78. The van der Waals surface area contributed by atoms with Gasteiger partial charge in [-0.3, -0.25) is 14.5 Å². The van der Waals surface area contributed by atoms with E-state index in [1.165, 1.54) is 11.3 Å². The van der Waals surface area contributed by atoms with Gasteiger partial charge >= 0.3 is 6.03 Å². The number of ether oxygens (including phenoxy) is 2. The number of likely N-dealkylation sites (tertiary alicyclic amines) is 1. The number of anilines is 3. The number of aryl methyl sites for hydroxylation is 1. The van der Waals surface area contributed by atoms with E-state index in [9.17, 15) is 14.4 Å². The summed E-state index contributed by atoms with van der Waals surface area (Å²) in [4.78, 5) is 49.0. The van der Waals surface area contributed by atoms with Crippen molar-refractivity contribution < 1.29 is 23.9 Å². The van der Waals surface area contributed by atoms with Crippen LogP contribution in [-0.4, -0.2) is 60.6 Å². The molecule has 1 fully saturated rings. The van der Waals surface area contributed by atoms with E-state index >= 15 is 0 Å². The van der Waals surface area contributed by atoms with Gasteiger partial charge in [0.15, 0.2) is 0 Å². The Labute approximate surface area is 253 Å². The molecule has 2 N–H and O–H groups in total. The van der Waals surface area contributed by atoms with Gasteiger partial charge in [-0.05, 0) is 61.7 Å². The third-order valence-electron chi connectivity index (χ3n) is 7.75. The van der Waals surface area contributed by atoms with Crippen LogP contribution in [0.1, 0.15) is 35.0 Å². The van der Waals surface area contributed by atoms with Crippen molar-refractivity contribution in [3.05, 3.63) is 71.2 Å². The number of hydrogen-bond donors (Lipinski definition) is 2. The van der Waals surface area contributed by atoms with Gasteiger partial charge in [-0.15, -0.1) is 11.3 Å². The fourth-order valence-electron chi connectivity index (χ4n) is 5.73. The highest BCUT2D eigenvalue weighted by molar-refractivity contribution is 7.21. The van der Waals surface area contributed by atoms with Crippen molar-refractivity contribution in [2.75, 3.05) is 37.0 Å². The lowest BCUT2D eigenvalue weighted by molar-refractivity contribution is -0.137. The molecule has 2 aromatic heterocycles. The summed E-state index contributed by atoms with van der Waals surface area (Å²) in [7, 11) is 1.58. The van der Waals surface area contributed by atoms with E-state index in [1.54, 1.807) is 29.2 Å². The van der Waals surface area contributed by atoms with Gasteiger partial charge in [0.05, 0.1) is 35.0 Å². The third kappa shape index (κ3) is 5.65. The first kappa shape index (κ1) is 28.6. The van der Waals surface area contributed by atoms with Gasteiger partial charge in [-0.1, -0.05) is 25.1 Å². The predicted octanol–water partition coefficient (Wildman–Crippen LogP) is 6.08. The molecule has 11 heteroatoms. The number of pyridine rings is 1. The number of aromatic nitrogens is 1. The number of rotatable bonds is 8. The van der Waals surface area contributed by atoms with Gasteiger partial charge < -0.3 is 25.0 Å². The van der Waals surface area contributed by atoms with E-state index in [4.69, 9.17) is 9.47 Å². The van der Waals surface area contributed by atoms with Crippen molar-refractivity contribution in [2.45, 2.75) is 32.7 Å². The molecule has 222 valence electrons. The third-order valence-corrected chi connectivity index (χ3v) is 8.84. The first-order valence-corrected chi connectivity index (χ1v) is 15.1. The quantitative estimate of drug-likeness (QED) is 0.254. The van der Waals surface area contributed by atoms with Crippen LogP contribution in [0.4, 0.5) is 21.9 Å². The average Bonchev–Trinajstić information content (AvgIpc) is 3.38. The number of methoxy groups -OCH3 is 1. The number of thiophene rings is 1. The van der Waals surface area contributed by atoms with E-state index in [0.717, 1.165) is 29.5 Å². The van der Waals surface area contributed by atoms with Gasteiger partial charge in [0, 0.05) is 32.4 Å². The molecule has 4 heterocycles. The van der Waals surface area contributed by atoms with Crippen LogP contribution < -0.4 is 20.3 Å². The first-order chi connectivity index (χ1) is 20.8. The Balaban J connectivity index is 1.25. The Kier molecular flexibility index (Phi) is 8.00. The molecule has 2 atom stereocenters. The Morgan fingerprint density at radius 2 is 1.95 bits per heavy atom. The van der Waals surface area contributed by atoms with E-state index in [0.29, 0.717) is 52.2 Å². The minimum atomic E-state index is -0.367. The number of piperidine rings is 1. The highest BCUT2D eigenvalue weighted by Crippen LogP contribution is 2.46. The van der Waals surface area contributed by atoms with Crippen LogP contribution in [-0.2, 0) is 9.53 Å². The molecule has 4 amide bonds. The summed E-state index contributed by atoms with van der Waals surface area (Å²) in [5.74, 6) is 0.874. The number of benzene rings is 2. The number of amides is 4. The van der Waals surface area contributed by atoms with E-state index in [2.05, 4.69) is 15.6 Å². The summed E-state index contributed by atoms with van der Waals surface area (Å²) in [6.07, 6.45) is 3.21. The molecule has 0 spiro atoms. The number of urea groups is 1. The highest BCUT2D eigenvalue weighted by Gasteiger charge is 2.34. The molecule has 0 bridgehead atoms. The summed E-state index contributed by atoms with van der Waals surface area (Å²) in [6.45, 7) is 5.22. The standard InChI is InChI=1S/C32H33N5O5S/c1-19-16-23(42-22-9-5-4-6-10-22)11-12-24(19)37-25-13-14-33-30-26(25)27(35-32(37)40)28(43-30)29(38)34-21-8-7-15-36(17-21)31(39)20(2)18-41-3/h4-6,9-14,16,20-21H,7-8,15,17-18H2,1-3H3,(H,34,38)(H,35,40)/t20-,21+/m0/s1. The van der Waals surface area contributed by atoms with Crippen LogP contribution in [0.3, 0.4) is 0 Å². The van der Waals surface area contributed by atoms with Crippen LogP contribution in [0.15, 0.2) is 60.8 Å². The average molecular weight is 600 g/mol. The van der Waals surface area contributed by atoms with Gasteiger partial charge in [0.25, 0.3) is 5.91 Å². The van der Waals surface area contributed by atoms with Gasteiger partial charge in [0.2, 0.25) is 5.91 Å². The van der Waals surface area contributed by atoms with E-state index in [1.807, 2.05) is 62.4 Å². The topological polar surface area (TPSA) is 113 Å². The number of carbonyl (C=O) groups excluding carboxylic acids is 3. The van der Waals surface area contributed by atoms with Crippen molar-refractivity contribution in [1.29, 1.82) is 0 Å². The fraction of sp³-hybridized carbons (Fsp3) is 0.312. The summed E-state index contributed by atoms with van der Waals surface area (Å²) < 4.78 is 11.1. The van der Waals surface area contributed by atoms with Crippen LogP contribution in [0.25, 0.3) is 10.2 Å². The maximum Gasteiger partial charge on any atom is 0.331 e. The molecule has 6 rings (SSSR count). The molecular weight excluding hydrogens is 566 g/mol. The number of hydrogen-bond acceptors (Lipinski definition) is 7. The predicted molar refractivity (Wildman–Crippen MR) is 167 cm³/mol. The second-order valence-electron chi connectivity index (χ2n) is 10.9. The largest absolute Gasteiger partial charge is 0.457 e. The lowest BCUT2D eigenvalue weighted by Gasteiger charge is -2.34. The molecular formula is C32H33N5O5S. The smallest absolute Gasteiger partial charge is 0.331 e. The number of nitrogens with one attached hydrogen (secondary N) is 2. The van der Waals surface area contributed by atoms with Crippen LogP contribution in [0, 0.1) is 12.8 Å². The van der Waals surface area contributed by atoms with Crippen LogP contribution in [0.2, 0.25) is 0 Å². The normalized spacial score (nSPS) is 17.0. The maximum atomic E-state index is 13.6. The molecule has 2 aromatic carbocycles. The summed E-state index contributed by atoms with van der Waals surface area (Å²) >= 11 is 1.24. The maximum absolute atomic E-state index is 13.6. The molecule has 1 saturated heterocycles. The van der Waals surface area contributed by atoms with Gasteiger partial charge in [-0.2, -0.15) is 0 Å². The number of para-hydroxylation sites is 1. The minimum absolute atomic E-state index is 0.0221. The lowest BCUT2D eigenvalue weighted by Crippen LogP contribution is -2.51. The Morgan fingerprint density at radius 3 is 2.72 bits per heavy atom. The Hall–Kier alpha value is -4.48. The molecule has 10 nitrogen and oxygen atoms in total. The van der Waals surface area contributed by atoms with Crippen molar-refractivity contribution in [1.82, 2.24) is 15.2 Å². The van der Waals surface area contributed by atoms with Gasteiger partial charge in [-0.25, -0.2) is 9.78 Å². The molecule has 2 aliphatic heterocycles. The van der Waals surface area contributed by atoms with E-state index < -0.39 is 0 Å². The minimum Gasteiger partial charge on any atom is -0.457 e. The number of nitrogens with zero attached hydrogens (tertiary/aromatic N) is 3. The number of carbonyl (C=O) groups is 3. The molecule has 4 aromatic rings. The zero-order valence-corrected chi connectivity index (χ0v) is 25.1. The molecule has 0 radical (unpaired) electrons. The van der Waals surface area contributed by atoms with Crippen LogP contribution >= 0.6 is 11.3 Å². The second-order valence-corrected chi connectivity index (χ2v) is 11.9. The first-order valence-electron chi connectivity index (χ1n) is 14.3. The van der Waals surface area contributed by atoms with Gasteiger partial charge in [0.1, 0.15) is 21.2 Å². The van der Waals surface area contributed by atoms with Crippen LogP contribution in [0.5, 0.6) is 11.5 Å². The molecule has 43 heavy (non-hydrogen) atoms. The van der Waals surface area contributed by atoms with Crippen molar-refractivity contribution in [3.8, 4) is 11.5 Å². The van der Waals surface area contributed by atoms with Crippen molar-refractivity contribution in [3.63, 3.8) is 0 Å². The lowest BCUT2D eigenvalue weighted by atomic mass is 10.0.